The first-order valence-electron chi connectivity index (χ1n) is 8.74. The van der Waals surface area contributed by atoms with Crippen molar-refractivity contribution in [3.8, 4) is 5.75 Å². The van der Waals surface area contributed by atoms with Crippen LogP contribution in [0.15, 0.2) is 54.6 Å². The summed E-state index contributed by atoms with van der Waals surface area (Å²) in [7, 11) is 0. The fourth-order valence-electron chi connectivity index (χ4n) is 2.96. The molecule has 2 aromatic rings. The van der Waals surface area contributed by atoms with E-state index in [1.807, 2.05) is 54.6 Å². The van der Waals surface area contributed by atoms with Crippen LogP contribution in [0.4, 0.5) is 0 Å². The first-order chi connectivity index (χ1) is 12.7. The third kappa shape index (κ3) is 5.46. The number of morpholine rings is 1. The van der Waals surface area contributed by atoms with Gasteiger partial charge in [-0.1, -0.05) is 41.9 Å². The van der Waals surface area contributed by atoms with Gasteiger partial charge in [0.15, 0.2) is 6.61 Å². The Bertz CT molecular complexity index is 688. The smallest absolute Gasteiger partial charge is 0.258 e. The number of para-hydroxylation sites is 1. The van der Waals surface area contributed by atoms with Gasteiger partial charge < -0.3 is 14.8 Å². The summed E-state index contributed by atoms with van der Waals surface area (Å²) in [5.74, 6) is 0.547. The molecular formula is C20H23ClN2O3. The van der Waals surface area contributed by atoms with Crippen LogP contribution in [0.25, 0.3) is 0 Å². The molecule has 0 aromatic heterocycles. The van der Waals surface area contributed by atoms with E-state index in [9.17, 15) is 4.79 Å². The number of benzene rings is 2. The van der Waals surface area contributed by atoms with E-state index in [0.29, 0.717) is 30.5 Å². The van der Waals surface area contributed by atoms with Gasteiger partial charge in [0.1, 0.15) is 5.75 Å². The van der Waals surface area contributed by atoms with Crippen LogP contribution in [0.5, 0.6) is 5.75 Å². The van der Waals surface area contributed by atoms with Crippen molar-refractivity contribution in [2.45, 2.75) is 6.04 Å². The molecule has 1 saturated heterocycles. The normalized spacial score (nSPS) is 16.0. The molecule has 26 heavy (non-hydrogen) atoms. The lowest BCUT2D eigenvalue weighted by Gasteiger charge is -2.35. The number of nitrogens with zero attached hydrogens (tertiary/aromatic N) is 1. The third-order valence-corrected chi connectivity index (χ3v) is 4.60. The van der Waals surface area contributed by atoms with Crippen molar-refractivity contribution in [2.24, 2.45) is 0 Å². The molecule has 1 atom stereocenters. The Kier molecular flexibility index (Phi) is 6.89. The summed E-state index contributed by atoms with van der Waals surface area (Å²) in [6.45, 7) is 3.59. The lowest BCUT2D eigenvalue weighted by atomic mass is 10.0. The summed E-state index contributed by atoms with van der Waals surface area (Å²) in [5.41, 5.74) is 1.13. The first-order valence-corrected chi connectivity index (χ1v) is 9.12. The van der Waals surface area contributed by atoms with Gasteiger partial charge in [-0.2, -0.15) is 0 Å². The number of hydrogen-bond donors (Lipinski definition) is 1. The van der Waals surface area contributed by atoms with Gasteiger partial charge in [0.05, 0.1) is 19.3 Å². The molecule has 1 amide bonds. The van der Waals surface area contributed by atoms with Crippen LogP contribution in [0.1, 0.15) is 11.6 Å². The quantitative estimate of drug-likeness (QED) is 0.809. The summed E-state index contributed by atoms with van der Waals surface area (Å²) in [6.07, 6.45) is 0. The molecule has 0 unspecified atom stereocenters. The van der Waals surface area contributed by atoms with Crippen molar-refractivity contribution in [1.82, 2.24) is 10.2 Å². The van der Waals surface area contributed by atoms with Crippen molar-refractivity contribution in [2.75, 3.05) is 39.5 Å². The first kappa shape index (κ1) is 18.7. The van der Waals surface area contributed by atoms with Crippen LogP contribution in [-0.4, -0.2) is 50.3 Å². The Balaban J connectivity index is 1.58. The number of ether oxygens (including phenoxy) is 2. The number of carbonyl (C=O) groups is 1. The van der Waals surface area contributed by atoms with E-state index in [2.05, 4.69) is 10.2 Å². The van der Waals surface area contributed by atoms with Gasteiger partial charge in [0.2, 0.25) is 0 Å². The summed E-state index contributed by atoms with van der Waals surface area (Å²) in [4.78, 5) is 14.5. The topological polar surface area (TPSA) is 50.8 Å². The van der Waals surface area contributed by atoms with E-state index in [1.54, 1.807) is 0 Å². The van der Waals surface area contributed by atoms with Gasteiger partial charge in [-0.25, -0.2) is 0 Å². The van der Waals surface area contributed by atoms with Crippen LogP contribution in [0.2, 0.25) is 5.02 Å². The minimum absolute atomic E-state index is 0.000459. The highest BCUT2D eigenvalue weighted by atomic mass is 35.5. The highest BCUT2D eigenvalue weighted by Crippen LogP contribution is 2.23. The number of carbonyl (C=O) groups excluding carboxylic acids is 1. The van der Waals surface area contributed by atoms with Crippen LogP contribution < -0.4 is 10.1 Å². The molecule has 138 valence electrons. The number of hydrogen-bond acceptors (Lipinski definition) is 4. The van der Waals surface area contributed by atoms with Gasteiger partial charge >= 0.3 is 0 Å². The average molecular weight is 375 g/mol. The van der Waals surface area contributed by atoms with E-state index >= 15 is 0 Å². The Morgan fingerprint density at radius 1 is 1.12 bits per heavy atom. The van der Waals surface area contributed by atoms with Gasteiger partial charge in [-0.3, -0.25) is 9.69 Å². The molecule has 1 N–H and O–H groups in total. The number of nitrogens with one attached hydrogen (secondary N) is 1. The maximum Gasteiger partial charge on any atom is 0.258 e. The molecule has 1 heterocycles. The fraction of sp³-hybridized carbons (Fsp3) is 0.350. The Morgan fingerprint density at radius 3 is 2.50 bits per heavy atom. The second-order valence-electron chi connectivity index (χ2n) is 6.12. The minimum Gasteiger partial charge on any atom is -0.484 e. The van der Waals surface area contributed by atoms with Gasteiger partial charge in [0, 0.05) is 24.7 Å². The van der Waals surface area contributed by atoms with Crippen molar-refractivity contribution in [3.05, 3.63) is 65.2 Å². The van der Waals surface area contributed by atoms with Gasteiger partial charge in [-0.05, 0) is 29.8 Å². The Morgan fingerprint density at radius 2 is 1.81 bits per heavy atom. The number of halogens is 1. The van der Waals surface area contributed by atoms with Crippen molar-refractivity contribution in [3.63, 3.8) is 0 Å². The molecule has 1 aliphatic rings. The Labute approximate surface area is 158 Å². The molecule has 5 nitrogen and oxygen atoms in total. The summed E-state index contributed by atoms with van der Waals surface area (Å²) in [5, 5.41) is 3.69. The molecule has 0 radical (unpaired) electrons. The molecule has 0 bridgehead atoms. The van der Waals surface area contributed by atoms with E-state index in [-0.39, 0.29) is 18.6 Å². The van der Waals surface area contributed by atoms with Gasteiger partial charge in [-0.15, -0.1) is 0 Å². The lowest BCUT2D eigenvalue weighted by molar-refractivity contribution is -0.123. The predicted octanol–water partition coefficient (Wildman–Crippen LogP) is 2.91. The van der Waals surface area contributed by atoms with Crippen LogP contribution in [0, 0.1) is 0 Å². The minimum atomic E-state index is -0.138. The molecule has 3 rings (SSSR count). The largest absolute Gasteiger partial charge is 0.484 e. The molecular weight excluding hydrogens is 352 g/mol. The second kappa shape index (κ2) is 9.57. The van der Waals surface area contributed by atoms with Crippen molar-refractivity contribution >= 4 is 17.5 Å². The number of rotatable bonds is 7. The van der Waals surface area contributed by atoms with E-state index in [4.69, 9.17) is 21.1 Å². The zero-order valence-corrected chi connectivity index (χ0v) is 15.3. The van der Waals surface area contributed by atoms with Crippen molar-refractivity contribution < 1.29 is 14.3 Å². The molecule has 0 saturated carbocycles. The zero-order valence-electron chi connectivity index (χ0n) is 14.6. The molecule has 0 aliphatic carbocycles. The second-order valence-corrected chi connectivity index (χ2v) is 6.56. The SMILES string of the molecule is O=C(COc1ccccc1)NC[C@@H](c1ccc(Cl)cc1)N1CCOCC1. The summed E-state index contributed by atoms with van der Waals surface area (Å²) < 4.78 is 11.0. The molecule has 0 spiro atoms. The van der Waals surface area contributed by atoms with Gasteiger partial charge in [0.25, 0.3) is 5.91 Å². The zero-order chi connectivity index (χ0) is 18.2. The van der Waals surface area contributed by atoms with Crippen LogP contribution >= 0.6 is 11.6 Å². The monoisotopic (exact) mass is 374 g/mol. The number of amides is 1. The highest BCUT2D eigenvalue weighted by Gasteiger charge is 2.23. The predicted molar refractivity (Wildman–Crippen MR) is 102 cm³/mol. The fourth-order valence-corrected chi connectivity index (χ4v) is 3.08. The highest BCUT2D eigenvalue weighted by molar-refractivity contribution is 6.30. The van der Waals surface area contributed by atoms with Crippen LogP contribution in [0.3, 0.4) is 0 Å². The third-order valence-electron chi connectivity index (χ3n) is 4.35. The average Bonchev–Trinajstić information content (AvgIpc) is 2.69. The standard InChI is InChI=1S/C20H23ClN2O3/c21-17-8-6-16(7-9-17)19(23-10-12-25-13-11-23)14-22-20(24)15-26-18-4-2-1-3-5-18/h1-9,19H,10-15H2,(H,22,24)/t19-/m0/s1. The molecule has 2 aromatic carbocycles. The maximum absolute atomic E-state index is 12.2. The molecule has 6 heteroatoms. The lowest BCUT2D eigenvalue weighted by Crippen LogP contribution is -2.44. The van der Waals surface area contributed by atoms with E-state index < -0.39 is 0 Å². The maximum atomic E-state index is 12.2. The summed E-state index contributed by atoms with van der Waals surface area (Å²) >= 11 is 6.01. The summed E-state index contributed by atoms with van der Waals surface area (Å²) in [6, 6.07) is 17.2. The van der Waals surface area contributed by atoms with Crippen molar-refractivity contribution in [1.29, 1.82) is 0 Å². The molecule has 1 aliphatic heterocycles. The van der Waals surface area contributed by atoms with E-state index in [1.165, 1.54) is 0 Å². The molecule has 1 fully saturated rings. The van der Waals surface area contributed by atoms with Crippen LogP contribution in [-0.2, 0) is 9.53 Å². The van der Waals surface area contributed by atoms with E-state index in [0.717, 1.165) is 18.7 Å². The Hall–Kier alpha value is -2.08.